The number of fused-ring (bicyclic) bond motifs is 1. The van der Waals surface area contributed by atoms with Crippen molar-refractivity contribution in [3.63, 3.8) is 0 Å². The van der Waals surface area contributed by atoms with E-state index in [4.69, 9.17) is 0 Å². The van der Waals surface area contributed by atoms with Crippen molar-refractivity contribution in [3.8, 4) is 0 Å². The Balaban J connectivity index is 1.70. The molecule has 1 aromatic heterocycles. The zero-order valence-corrected chi connectivity index (χ0v) is 15.2. The lowest BCUT2D eigenvalue weighted by atomic mass is 9.98. The van der Waals surface area contributed by atoms with Crippen LogP contribution in [0.15, 0.2) is 35.7 Å². The molecule has 6 nitrogen and oxygen atoms in total. The summed E-state index contributed by atoms with van der Waals surface area (Å²) in [5.74, 6) is -0.00835. The predicted octanol–water partition coefficient (Wildman–Crippen LogP) is 3.63. The molecular weight excluding hydrogens is 338 g/mol. The Morgan fingerprint density at radius 2 is 2.08 bits per heavy atom. The molecule has 1 unspecified atom stereocenters. The predicted molar refractivity (Wildman–Crippen MR) is 99.1 cm³/mol. The molecule has 0 aliphatic carbocycles. The zero-order chi connectivity index (χ0) is 18.0. The molecule has 1 aromatic carbocycles. The van der Waals surface area contributed by atoms with Gasteiger partial charge in [-0.1, -0.05) is 6.92 Å². The van der Waals surface area contributed by atoms with Crippen molar-refractivity contribution >= 4 is 28.6 Å². The van der Waals surface area contributed by atoms with Crippen molar-refractivity contribution in [2.75, 3.05) is 25.0 Å². The third-order valence-corrected chi connectivity index (χ3v) is 5.75. The minimum Gasteiger partial charge on any atom is -0.314 e. The molecule has 2 heterocycles. The van der Waals surface area contributed by atoms with Crippen LogP contribution in [0.3, 0.4) is 0 Å². The zero-order valence-electron chi connectivity index (χ0n) is 14.3. The average Bonchev–Trinajstić information content (AvgIpc) is 3.09. The molecule has 1 atom stereocenters. The topological polar surface area (TPSA) is 66.7 Å². The monoisotopic (exact) mass is 359 g/mol. The molecule has 0 N–H and O–H groups in total. The first-order valence-electron chi connectivity index (χ1n) is 8.32. The second-order valence-corrected chi connectivity index (χ2v) is 7.17. The van der Waals surface area contributed by atoms with Gasteiger partial charge in [-0.05, 0) is 42.0 Å². The van der Waals surface area contributed by atoms with Crippen molar-refractivity contribution in [1.82, 2.24) is 4.90 Å². The molecule has 0 spiro atoms. The highest BCUT2D eigenvalue weighted by Gasteiger charge is 2.29. The molecular formula is C18H21N3O3S. The number of nitro groups is 1. The van der Waals surface area contributed by atoms with Crippen LogP contribution in [0.25, 0.3) is 0 Å². The molecule has 0 bridgehead atoms. The van der Waals surface area contributed by atoms with Crippen LogP contribution in [0.5, 0.6) is 0 Å². The maximum atomic E-state index is 12.7. The fourth-order valence-corrected chi connectivity index (χ4v) is 4.27. The van der Waals surface area contributed by atoms with E-state index in [0.717, 1.165) is 19.4 Å². The highest BCUT2D eigenvalue weighted by molar-refractivity contribution is 7.10. The minimum atomic E-state index is -0.441. The van der Waals surface area contributed by atoms with Gasteiger partial charge in [0.1, 0.15) is 0 Å². The minimum absolute atomic E-state index is 0.00835. The summed E-state index contributed by atoms with van der Waals surface area (Å²) < 4.78 is 0. The Morgan fingerprint density at radius 3 is 2.72 bits per heavy atom. The highest BCUT2D eigenvalue weighted by Crippen LogP contribution is 2.35. The first kappa shape index (κ1) is 17.6. The van der Waals surface area contributed by atoms with Gasteiger partial charge in [0.2, 0.25) is 5.91 Å². The number of nitro benzene ring substituents is 1. The number of hydrogen-bond donors (Lipinski definition) is 0. The largest absolute Gasteiger partial charge is 0.314 e. The summed E-state index contributed by atoms with van der Waals surface area (Å²) in [6, 6.07) is 8.52. The van der Waals surface area contributed by atoms with E-state index in [1.54, 1.807) is 35.4 Å². The lowest BCUT2D eigenvalue weighted by molar-refractivity contribution is -0.384. The Kier molecular flexibility index (Phi) is 5.15. The van der Waals surface area contributed by atoms with E-state index in [1.807, 2.05) is 0 Å². The molecule has 2 aromatic rings. The molecule has 3 rings (SSSR count). The summed E-state index contributed by atoms with van der Waals surface area (Å²) in [5, 5.41) is 12.9. The van der Waals surface area contributed by atoms with Crippen molar-refractivity contribution in [3.05, 3.63) is 56.3 Å². The van der Waals surface area contributed by atoms with Crippen LogP contribution < -0.4 is 4.90 Å². The Morgan fingerprint density at radius 1 is 1.36 bits per heavy atom. The van der Waals surface area contributed by atoms with Gasteiger partial charge in [-0.25, -0.2) is 0 Å². The van der Waals surface area contributed by atoms with E-state index in [9.17, 15) is 14.9 Å². The molecule has 0 saturated carbocycles. The molecule has 0 fully saturated rings. The number of carbonyl (C=O) groups excluding carboxylic acids is 1. The van der Waals surface area contributed by atoms with Gasteiger partial charge in [-0.2, -0.15) is 0 Å². The van der Waals surface area contributed by atoms with Gasteiger partial charge in [-0.15, -0.1) is 11.3 Å². The van der Waals surface area contributed by atoms with Gasteiger partial charge in [0.15, 0.2) is 0 Å². The van der Waals surface area contributed by atoms with Crippen LogP contribution in [0.4, 0.5) is 11.4 Å². The Hall–Kier alpha value is -2.25. The van der Waals surface area contributed by atoms with E-state index in [-0.39, 0.29) is 17.6 Å². The summed E-state index contributed by atoms with van der Waals surface area (Å²) in [6.07, 6.45) is 1.95. The van der Waals surface area contributed by atoms with Crippen LogP contribution >= 0.6 is 11.3 Å². The normalized spacial score (nSPS) is 17.1. The molecule has 0 saturated heterocycles. The van der Waals surface area contributed by atoms with Crippen LogP contribution in [0.1, 0.15) is 29.8 Å². The van der Waals surface area contributed by atoms with Gasteiger partial charge in [0.25, 0.3) is 5.69 Å². The van der Waals surface area contributed by atoms with Gasteiger partial charge in [0, 0.05) is 42.3 Å². The molecule has 132 valence electrons. The number of thiophene rings is 1. The van der Waals surface area contributed by atoms with E-state index >= 15 is 0 Å². The molecule has 25 heavy (non-hydrogen) atoms. The number of rotatable bonds is 5. The smallest absolute Gasteiger partial charge is 0.269 e. The van der Waals surface area contributed by atoms with Gasteiger partial charge in [0.05, 0.1) is 11.5 Å². The van der Waals surface area contributed by atoms with Crippen LogP contribution in [-0.4, -0.2) is 35.9 Å². The molecule has 1 aliphatic rings. The number of hydrogen-bond acceptors (Lipinski definition) is 5. The third kappa shape index (κ3) is 3.57. The van der Waals surface area contributed by atoms with E-state index in [0.29, 0.717) is 12.2 Å². The number of amides is 1. The van der Waals surface area contributed by atoms with E-state index in [1.165, 1.54) is 22.6 Å². The van der Waals surface area contributed by atoms with Crippen LogP contribution in [0, 0.1) is 10.1 Å². The second-order valence-electron chi connectivity index (χ2n) is 6.17. The molecule has 1 aliphatic heterocycles. The van der Waals surface area contributed by atoms with E-state index in [2.05, 4.69) is 23.3 Å². The number of anilines is 1. The van der Waals surface area contributed by atoms with Gasteiger partial charge < -0.3 is 4.90 Å². The first-order valence-corrected chi connectivity index (χ1v) is 9.20. The fourth-order valence-electron chi connectivity index (χ4n) is 3.34. The number of non-ortho nitro benzene ring substituents is 1. The summed E-state index contributed by atoms with van der Waals surface area (Å²) in [6.45, 7) is 3.38. The third-order valence-electron chi connectivity index (χ3n) is 4.75. The Labute approximate surface area is 150 Å². The summed E-state index contributed by atoms with van der Waals surface area (Å²) in [5.41, 5.74) is 2.04. The average molecular weight is 359 g/mol. The lowest BCUT2D eigenvalue weighted by Gasteiger charge is -2.35. The van der Waals surface area contributed by atoms with Crippen molar-refractivity contribution < 1.29 is 9.72 Å². The van der Waals surface area contributed by atoms with Gasteiger partial charge in [-0.3, -0.25) is 19.8 Å². The fraction of sp³-hybridized carbons (Fsp3) is 0.389. The number of likely N-dealkylation sites (N-methyl/N-ethyl adjacent to an activating group) is 1. The Bertz CT molecular complexity index is 772. The number of nitrogens with zero attached hydrogens (tertiary/aromatic N) is 3. The quantitative estimate of drug-likeness (QED) is 0.604. The summed E-state index contributed by atoms with van der Waals surface area (Å²) >= 11 is 1.80. The number of carbonyl (C=O) groups is 1. The van der Waals surface area contributed by atoms with Crippen LogP contribution in [-0.2, 0) is 11.2 Å². The van der Waals surface area contributed by atoms with Crippen molar-refractivity contribution in [1.29, 1.82) is 0 Å². The SMILES string of the molecule is CCC1c2ccsc2CCN1CC(=O)N(C)c1ccc([N+](=O)[O-])cc1. The number of benzene rings is 1. The standard InChI is InChI=1S/C18H21N3O3S/c1-3-16-15-9-11-25-17(15)8-10-20(16)12-18(22)19(2)13-4-6-14(7-5-13)21(23)24/h4-7,9,11,16H,3,8,10,12H2,1-2H3. The van der Waals surface area contributed by atoms with Crippen molar-refractivity contribution in [2.24, 2.45) is 0 Å². The van der Waals surface area contributed by atoms with Gasteiger partial charge >= 0.3 is 0 Å². The van der Waals surface area contributed by atoms with Crippen molar-refractivity contribution in [2.45, 2.75) is 25.8 Å². The summed E-state index contributed by atoms with van der Waals surface area (Å²) in [7, 11) is 1.71. The summed E-state index contributed by atoms with van der Waals surface area (Å²) in [4.78, 5) is 28.2. The molecule has 0 radical (unpaired) electrons. The highest BCUT2D eigenvalue weighted by atomic mass is 32.1. The lowest BCUT2D eigenvalue weighted by Crippen LogP contribution is -2.42. The maximum absolute atomic E-state index is 12.7. The second kappa shape index (κ2) is 7.33. The molecule has 1 amide bonds. The molecule has 7 heteroatoms. The van der Waals surface area contributed by atoms with E-state index < -0.39 is 4.92 Å². The maximum Gasteiger partial charge on any atom is 0.269 e. The van der Waals surface area contributed by atoms with Crippen LogP contribution in [0.2, 0.25) is 0 Å². The first-order chi connectivity index (χ1) is 12.0.